The third-order valence-corrected chi connectivity index (χ3v) is 3.24. The molecule has 3 N–H and O–H groups in total. The summed E-state index contributed by atoms with van der Waals surface area (Å²) in [5.41, 5.74) is 2.31. The lowest BCUT2D eigenvalue weighted by Gasteiger charge is -2.13. The molecule has 1 heterocycles. The van der Waals surface area contributed by atoms with E-state index in [1.165, 1.54) is 5.69 Å². The van der Waals surface area contributed by atoms with Crippen LogP contribution in [0.15, 0.2) is 36.5 Å². The van der Waals surface area contributed by atoms with E-state index in [9.17, 15) is 0 Å². The first-order valence-electron chi connectivity index (χ1n) is 6.84. The molecule has 0 aliphatic heterocycles. The van der Waals surface area contributed by atoms with Gasteiger partial charge in [0.2, 0.25) is 11.4 Å². The summed E-state index contributed by atoms with van der Waals surface area (Å²) in [4.78, 5) is 3.22. The van der Waals surface area contributed by atoms with Crippen molar-refractivity contribution >= 4 is 0 Å². The summed E-state index contributed by atoms with van der Waals surface area (Å²) in [6.45, 7) is 1.72. The fourth-order valence-corrected chi connectivity index (χ4v) is 2.21. The monoisotopic (exact) mass is 290 g/mol. The third-order valence-electron chi connectivity index (χ3n) is 3.24. The molecule has 5 nitrogen and oxygen atoms in total. The summed E-state index contributed by atoms with van der Waals surface area (Å²) in [5.74, 6) is 2.00. The Bertz CT molecular complexity index is 548. The Morgan fingerprint density at radius 1 is 0.952 bits per heavy atom. The number of H-pyrrole nitrogens is 1. The van der Waals surface area contributed by atoms with E-state index in [1.807, 2.05) is 30.5 Å². The summed E-state index contributed by atoms with van der Waals surface area (Å²) in [5, 5.41) is 2.21. The Morgan fingerprint density at radius 2 is 1.67 bits per heavy atom. The molecule has 112 valence electrons. The van der Waals surface area contributed by atoms with E-state index >= 15 is 0 Å². The smallest absolute Gasteiger partial charge is 0.234 e. The summed E-state index contributed by atoms with van der Waals surface area (Å²) in [7, 11) is 4.87. The average molecular weight is 290 g/mol. The van der Waals surface area contributed by atoms with Crippen LogP contribution in [0.4, 0.5) is 0 Å². The van der Waals surface area contributed by atoms with E-state index < -0.39 is 0 Å². The lowest BCUT2D eigenvalue weighted by Crippen LogP contribution is -2.81. The second-order valence-corrected chi connectivity index (χ2v) is 4.62. The highest BCUT2D eigenvalue weighted by Crippen LogP contribution is 2.37. The molecule has 0 fully saturated rings. The molecule has 0 aliphatic rings. The number of hydrogen-bond donors (Lipinski definition) is 1. The summed E-state index contributed by atoms with van der Waals surface area (Å²) >= 11 is 0. The minimum Gasteiger partial charge on any atom is -0.493 e. The van der Waals surface area contributed by atoms with Gasteiger partial charge in [0.25, 0.3) is 0 Å². The fourth-order valence-electron chi connectivity index (χ4n) is 2.21. The van der Waals surface area contributed by atoms with Gasteiger partial charge in [0.05, 0.1) is 21.3 Å². The maximum Gasteiger partial charge on any atom is 0.234 e. The van der Waals surface area contributed by atoms with Crippen LogP contribution in [0.5, 0.6) is 17.2 Å². The van der Waals surface area contributed by atoms with Gasteiger partial charge >= 0.3 is 0 Å². The predicted molar refractivity (Wildman–Crippen MR) is 78.4 cm³/mol. The third kappa shape index (κ3) is 3.86. The Morgan fingerprint density at radius 3 is 2.19 bits per heavy atom. The van der Waals surface area contributed by atoms with Crippen molar-refractivity contribution < 1.29 is 24.5 Å². The van der Waals surface area contributed by atoms with E-state index in [0.29, 0.717) is 17.2 Å². The quantitative estimate of drug-likeness (QED) is 0.820. The van der Waals surface area contributed by atoms with Crippen LogP contribution in [-0.2, 0) is 13.1 Å². The van der Waals surface area contributed by atoms with Crippen molar-refractivity contribution in [2.24, 2.45) is 0 Å². The zero-order chi connectivity index (χ0) is 15.1. The number of benzene rings is 1. The molecule has 0 unspecified atom stereocenters. The van der Waals surface area contributed by atoms with Crippen LogP contribution in [0, 0.1) is 0 Å². The lowest BCUT2D eigenvalue weighted by atomic mass is 10.1. The van der Waals surface area contributed by atoms with E-state index in [0.717, 1.165) is 18.7 Å². The molecule has 1 aromatic carbocycles. The van der Waals surface area contributed by atoms with Crippen LogP contribution in [-0.4, -0.2) is 21.3 Å². The van der Waals surface area contributed by atoms with Gasteiger partial charge in [0.1, 0.15) is 6.54 Å². The van der Waals surface area contributed by atoms with Crippen LogP contribution >= 0.6 is 0 Å². The van der Waals surface area contributed by atoms with Crippen LogP contribution in [0.3, 0.4) is 0 Å². The first-order valence-corrected chi connectivity index (χ1v) is 6.84. The van der Waals surface area contributed by atoms with Crippen molar-refractivity contribution in [3.63, 3.8) is 0 Å². The van der Waals surface area contributed by atoms with Gasteiger partial charge in [0, 0.05) is 17.7 Å². The molecule has 2 rings (SSSR count). The molecule has 0 aliphatic carbocycles. The van der Waals surface area contributed by atoms with E-state index in [2.05, 4.69) is 16.4 Å². The molecular weight excluding hydrogens is 268 g/mol. The number of aromatic amines is 1. The zero-order valence-electron chi connectivity index (χ0n) is 12.7. The zero-order valence-corrected chi connectivity index (χ0v) is 12.7. The van der Waals surface area contributed by atoms with Gasteiger partial charge in [-0.05, 0) is 18.2 Å². The molecule has 2 aromatic rings. The number of nitrogens with one attached hydrogen (secondary N) is 1. The van der Waals surface area contributed by atoms with Crippen molar-refractivity contribution in [1.82, 2.24) is 0 Å². The molecular formula is C16H22N2O3+2. The first kappa shape index (κ1) is 15.1. The number of ether oxygens (including phenoxy) is 3. The number of methoxy groups -OCH3 is 3. The van der Waals surface area contributed by atoms with Gasteiger partial charge in [-0.25, -0.2) is 4.98 Å². The molecule has 0 radical (unpaired) electrons. The van der Waals surface area contributed by atoms with Crippen molar-refractivity contribution in [3.8, 4) is 17.2 Å². The second kappa shape index (κ2) is 7.50. The Hall–Kier alpha value is -2.27. The SMILES string of the molecule is COc1cc(C[NH2+]Cc2cccc[nH+]2)cc(OC)c1OC. The summed E-state index contributed by atoms with van der Waals surface area (Å²) in [6.07, 6.45) is 1.93. The highest BCUT2D eigenvalue weighted by Gasteiger charge is 2.14. The second-order valence-electron chi connectivity index (χ2n) is 4.62. The number of aromatic nitrogens is 1. The number of hydrogen-bond acceptors (Lipinski definition) is 3. The Kier molecular flexibility index (Phi) is 5.40. The van der Waals surface area contributed by atoms with Crippen molar-refractivity contribution in [2.45, 2.75) is 13.1 Å². The van der Waals surface area contributed by atoms with Gasteiger partial charge in [0.15, 0.2) is 24.2 Å². The molecule has 0 saturated carbocycles. The maximum absolute atomic E-state index is 5.36. The normalized spacial score (nSPS) is 10.2. The predicted octanol–water partition coefficient (Wildman–Crippen LogP) is 0.790. The number of quaternary nitrogens is 1. The van der Waals surface area contributed by atoms with Gasteiger partial charge in [-0.2, -0.15) is 0 Å². The Labute approximate surface area is 124 Å². The molecule has 0 amide bonds. The van der Waals surface area contributed by atoms with Crippen molar-refractivity contribution in [3.05, 3.63) is 47.8 Å². The fraction of sp³-hybridized carbons (Fsp3) is 0.312. The van der Waals surface area contributed by atoms with E-state index in [1.54, 1.807) is 21.3 Å². The Balaban J connectivity index is 2.06. The average Bonchev–Trinajstić information content (AvgIpc) is 2.54. The standard InChI is InChI=1S/C16H20N2O3/c1-19-14-8-12(9-15(20-2)16(14)21-3)10-17-11-13-6-4-5-7-18-13/h4-9,17H,10-11H2,1-3H3/p+2. The van der Waals surface area contributed by atoms with Gasteiger partial charge in [-0.15, -0.1) is 0 Å². The van der Waals surface area contributed by atoms with Gasteiger partial charge < -0.3 is 19.5 Å². The van der Waals surface area contributed by atoms with E-state index in [-0.39, 0.29) is 0 Å². The largest absolute Gasteiger partial charge is 0.493 e. The highest BCUT2D eigenvalue weighted by molar-refractivity contribution is 5.53. The summed E-state index contributed by atoms with van der Waals surface area (Å²) < 4.78 is 16.0. The van der Waals surface area contributed by atoms with Crippen LogP contribution in [0.2, 0.25) is 0 Å². The van der Waals surface area contributed by atoms with Gasteiger partial charge in [-0.1, -0.05) is 0 Å². The van der Waals surface area contributed by atoms with Crippen molar-refractivity contribution in [1.29, 1.82) is 0 Å². The molecule has 1 aromatic heterocycles. The highest BCUT2D eigenvalue weighted by atomic mass is 16.5. The number of pyridine rings is 1. The first-order chi connectivity index (χ1) is 10.3. The molecule has 0 spiro atoms. The minimum absolute atomic E-state index is 0.625. The summed E-state index contributed by atoms with van der Waals surface area (Å²) in [6, 6.07) is 10.0. The molecule has 0 bridgehead atoms. The van der Waals surface area contributed by atoms with Crippen LogP contribution < -0.4 is 24.5 Å². The topological polar surface area (TPSA) is 58.4 Å². The maximum atomic E-state index is 5.36. The van der Waals surface area contributed by atoms with E-state index in [4.69, 9.17) is 14.2 Å². The minimum atomic E-state index is 0.625. The molecule has 5 heteroatoms. The van der Waals surface area contributed by atoms with Crippen LogP contribution in [0.25, 0.3) is 0 Å². The molecule has 21 heavy (non-hydrogen) atoms. The van der Waals surface area contributed by atoms with Gasteiger partial charge in [-0.3, -0.25) is 0 Å². The molecule has 0 atom stereocenters. The van der Waals surface area contributed by atoms with Crippen molar-refractivity contribution in [2.75, 3.05) is 21.3 Å². The number of rotatable bonds is 7. The van der Waals surface area contributed by atoms with Crippen LogP contribution in [0.1, 0.15) is 11.3 Å². The number of nitrogens with two attached hydrogens (primary N) is 1. The lowest BCUT2D eigenvalue weighted by molar-refractivity contribution is -0.696. The molecule has 0 saturated heterocycles.